The number of carbonyl (C=O) groups is 2. The zero-order valence-corrected chi connectivity index (χ0v) is 27.6. The molecule has 47 heavy (non-hydrogen) atoms. The van der Waals surface area contributed by atoms with Crippen molar-refractivity contribution in [3.63, 3.8) is 0 Å². The third-order valence-electron chi connectivity index (χ3n) is 8.77. The van der Waals surface area contributed by atoms with Crippen LogP contribution in [0.2, 0.25) is 0 Å². The summed E-state index contributed by atoms with van der Waals surface area (Å²) in [6, 6.07) is 22.8. The molecule has 2 fully saturated rings. The fourth-order valence-electron chi connectivity index (χ4n) is 5.89. The number of nitrogens with zero attached hydrogens (tertiary/aromatic N) is 1. The number of esters is 1. The first-order valence-corrected chi connectivity index (χ1v) is 17.0. The molecule has 6 rings (SSSR count). The normalized spacial score (nSPS) is 18.5. The minimum Gasteiger partial charge on any atom is -0.459 e. The molecular weight excluding hydrogens is 609 g/mol. The number of ether oxygens (including phenoxy) is 1. The topological polar surface area (TPSA) is 130 Å². The van der Waals surface area contributed by atoms with Gasteiger partial charge < -0.3 is 31.7 Å². The lowest BCUT2D eigenvalue weighted by atomic mass is 10.0. The molecule has 2 aliphatic rings. The number of thiophene rings is 1. The van der Waals surface area contributed by atoms with Crippen molar-refractivity contribution in [1.29, 1.82) is 0 Å². The first-order chi connectivity index (χ1) is 22.8. The second kappa shape index (κ2) is 14.9. The minimum absolute atomic E-state index is 0.0728. The van der Waals surface area contributed by atoms with Crippen LogP contribution in [0.4, 0.5) is 11.5 Å². The van der Waals surface area contributed by atoms with Crippen LogP contribution in [-0.4, -0.2) is 48.1 Å². The molecule has 1 aliphatic carbocycles. The summed E-state index contributed by atoms with van der Waals surface area (Å²) >= 11 is 1.76. The van der Waals surface area contributed by atoms with Crippen molar-refractivity contribution in [2.75, 3.05) is 24.1 Å². The van der Waals surface area contributed by atoms with E-state index in [9.17, 15) is 9.59 Å². The molecule has 4 aromatic rings. The minimum atomic E-state index is -0.342. The van der Waals surface area contributed by atoms with Gasteiger partial charge in [0.25, 0.3) is 5.91 Å². The van der Waals surface area contributed by atoms with Crippen LogP contribution in [-0.2, 0) is 16.1 Å². The summed E-state index contributed by atoms with van der Waals surface area (Å²) in [5.74, 6) is 0.0269. The Balaban J connectivity index is 0.984. The van der Waals surface area contributed by atoms with Gasteiger partial charge in [-0.05, 0) is 104 Å². The van der Waals surface area contributed by atoms with Crippen molar-refractivity contribution in [3.05, 3.63) is 106 Å². The largest absolute Gasteiger partial charge is 0.459 e. The quantitative estimate of drug-likeness (QED) is 0.0955. The van der Waals surface area contributed by atoms with E-state index >= 15 is 0 Å². The molecule has 6 N–H and O–H groups in total. The SMILES string of the molecule is Cc1ccc(NC2CNC2)cc1C(=O)N[C@H](C)c1cccc(-c2ccc(CN[C@H]3CC[C@@H](OC(=O)/C=C/c4ccc(N)nc4)C3)s2)c1. The van der Waals surface area contributed by atoms with Gasteiger partial charge in [-0.15, -0.1) is 11.3 Å². The van der Waals surface area contributed by atoms with E-state index in [1.54, 1.807) is 29.7 Å². The second-order valence-electron chi connectivity index (χ2n) is 12.4. The predicted molar refractivity (Wildman–Crippen MR) is 189 cm³/mol. The molecule has 0 bridgehead atoms. The van der Waals surface area contributed by atoms with Crippen LogP contribution in [0.3, 0.4) is 0 Å². The number of hydrogen-bond acceptors (Lipinski definition) is 9. The number of nitrogen functional groups attached to an aromatic ring is 1. The van der Waals surface area contributed by atoms with E-state index in [4.69, 9.17) is 10.5 Å². The number of anilines is 2. The van der Waals surface area contributed by atoms with Gasteiger partial charge in [0.15, 0.2) is 0 Å². The number of aromatic nitrogens is 1. The van der Waals surface area contributed by atoms with Crippen molar-refractivity contribution in [2.45, 2.75) is 63.9 Å². The van der Waals surface area contributed by atoms with Crippen molar-refractivity contribution in [3.8, 4) is 10.4 Å². The van der Waals surface area contributed by atoms with Crippen molar-refractivity contribution in [1.82, 2.24) is 20.9 Å². The van der Waals surface area contributed by atoms with Crippen molar-refractivity contribution < 1.29 is 14.3 Å². The lowest BCUT2D eigenvalue weighted by Gasteiger charge is -2.29. The van der Waals surface area contributed by atoms with Gasteiger partial charge in [-0.25, -0.2) is 9.78 Å². The Morgan fingerprint density at radius 1 is 1.09 bits per heavy atom. The van der Waals surface area contributed by atoms with Crippen LogP contribution in [0.25, 0.3) is 16.5 Å². The Kier molecular flexibility index (Phi) is 10.3. The summed E-state index contributed by atoms with van der Waals surface area (Å²) in [4.78, 5) is 32.1. The molecule has 2 aromatic heterocycles. The van der Waals surface area contributed by atoms with Crippen LogP contribution in [0.1, 0.15) is 64.2 Å². The van der Waals surface area contributed by atoms with E-state index in [0.29, 0.717) is 23.5 Å². The molecule has 9 nitrogen and oxygen atoms in total. The Hall–Kier alpha value is -4.51. The van der Waals surface area contributed by atoms with Crippen molar-refractivity contribution in [2.24, 2.45) is 0 Å². The molecular formula is C37H42N6O3S. The summed E-state index contributed by atoms with van der Waals surface area (Å²) in [6.07, 6.45) is 7.27. The molecule has 244 valence electrons. The third-order valence-corrected chi connectivity index (χ3v) is 9.90. The van der Waals surface area contributed by atoms with Crippen LogP contribution >= 0.6 is 11.3 Å². The average Bonchev–Trinajstić information content (AvgIpc) is 3.72. The maximum absolute atomic E-state index is 13.3. The van der Waals surface area contributed by atoms with Gasteiger partial charge in [-0.2, -0.15) is 0 Å². The average molecular weight is 651 g/mol. The molecule has 1 saturated carbocycles. The standard InChI is InChI=1S/C37H42N6O3S/c1-23-6-9-29(43-30-20-39-21-30)18-33(23)37(45)42-24(2)26-4-3-5-27(16-26)34-13-12-32(47-34)22-40-28-10-11-31(17-28)46-36(44)15-8-25-7-14-35(38)41-19-25/h3-9,12-16,18-19,24,28,30-31,39-40,43H,10-11,17,20-22H2,1-2H3,(H2,38,41)(H,42,45)/b15-8+/t24-,28+,31-/m1/s1. The highest BCUT2D eigenvalue weighted by Crippen LogP contribution is 2.31. The van der Waals surface area contributed by atoms with Gasteiger partial charge in [0, 0.05) is 59.0 Å². The number of rotatable bonds is 12. The Bertz CT molecular complexity index is 1730. The number of pyridine rings is 1. The molecule has 1 saturated heterocycles. The van der Waals surface area contributed by atoms with E-state index in [0.717, 1.165) is 66.8 Å². The molecule has 0 radical (unpaired) electrons. The fraction of sp³-hybridized carbons (Fsp3) is 0.324. The highest BCUT2D eigenvalue weighted by atomic mass is 32.1. The summed E-state index contributed by atoms with van der Waals surface area (Å²) in [5, 5.41) is 13.6. The number of hydrogen-bond donors (Lipinski definition) is 5. The van der Waals surface area contributed by atoms with Gasteiger partial charge in [0.2, 0.25) is 0 Å². The zero-order valence-electron chi connectivity index (χ0n) is 26.8. The van der Waals surface area contributed by atoms with Crippen LogP contribution in [0.15, 0.2) is 79.0 Å². The van der Waals surface area contributed by atoms with Gasteiger partial charge in [0.1, 0.15) is 11.9 Å². The Morgan fingerprint density at radius 3 is 2.74 bits per heavy atom. The smallest absolute Gasteiger partial charge is 0.331 e. The van der Waals surface area contributed by atoms with E-state index in [2.05, 4.69) is 62.6 Å². The molecule has 10 heteroatoms. The second-order valence-corrected chi connectivity index (χ2v) is 13.6. The summed E-state index contributed by atoms with van der Waals surface area (Å²) in [5.41, 5.74) is 11.2. The van der Waals surface area contributed by atoms with Crippen LogP contribution in [0.5, 0.6) is 0 Å². The molecule has 0 unspecified atom stereocenters. The number of amides is 1. The molecule has 1 aliphatic heterocycles. The van der Waals surface area contributed by atoms with E-state index in [1.807, 2.05) is 38.1 Å². The summed E-state index contributed by atoms with van der Waals surface area (Å²) in [7, 11) is 0. The zero-order chi connectivity index (χ0) is 32.8. The Labute approximate surface area is 280 Å². The number of carbonyl (C=O) groups excluding carboxylic acids is 2. The third kappa shape index (κ3) is 8.65. The fourth-order valence-corrected chi connectivity index (χ4v) is 6.85. The maximum Gasteiger partial charge on any atom is 0.331 e. The van der Waals surface area contributed by atoms with E-state index in [1.165, 1.54) is 15.8 Å². The molecule has 1 amide bonds. The lowest BCUT2D eigenvalue weighted by molar-refractivity contribution is -0.142. The number of benzene rings is 2. The van der Waals surface area contributed by atoms with Crippen molar-refractivity contribution >= 4 is 40.8 Å². The van der Waals surface area contributed by atoms with Gasteiger partial charge in [-0.3, -0.25) is 4.79 Å². The lowest BCUT2D eigenvalue weighted by Crippen LogP contribution is -2.51. The number of aryl methyl sites for hydroxylation is 1. The monoisotopic (exact) mass is 650 g/mol. The molecule has 0 spiro atoms. The van der Waals surface area contributed by atoms with E-state index in [-0.39, 0.29) is 24.0 Å². The van der Waals surface area contributed by atoms with Gasteiger partial charge in [-0.1, -0.05) is 24.3 Å². The van der Waals surface area contributed by atoms with Crippen LogP contribution < -0.4 is 27.0 Å². The highest BCUT2D eigenvalue weighted by molar-refractivity contribution is 7.15. The molecule has 3 atom stereocenters. The predicted octanol–water partition coefficient (Wildman–Crippen LogP) is 5.84. The molecule has 3 heterocycles. The number of nitrogens with two attached hydrogens (primary N) is 1. The van der Waals surface area contributed by atoms with Gasteiger partial charge in [0.05, 0.1) is 12.1 Å². The highest BCUT2D eigenvalue weighted by Gasteiger charge is 2.27. The van der Waals surface area contributed by atoms with Gasteiger partial charge >= 0.3 is 5.97 Å². The first kappa shape index (κ1) is 32.4. The Morgan fingerprint density at radius 2 is 1.96 bits per heavy atom. The maximum atomic E-state index is 13.3. The first-order valence-electron chi connectivity index (χ1n) is 16.2. The van der Waals surface area contributed by atoms with Crippen LogP contribution in [0, 0.1) is 6.92 Å². The van der Waals surface area contributed by atoms with E-state index < -0.39 is 0 Å². The number of nitrogens with one attached hydrogen (secondary N) is 4. The molecule has 2 aromatic carbocycles. The summed E-state index contributed by atoms with van der Waals surface area (Å²) < 4.78 is 5.67. The summed E-state index contributed by atoms with van der Waals surface area (Å²) in [6.45, 7) is 6.64.